The van der Waals surface area contributed by atoms with Gasteiger partial charge in [-0.15, -0.1) is 0 Å². The van der Waals surface area contributed by atoms with Crippen LogP contribution in [0.15, 0.2) is 60.7 Å². The SMILES string of the molecule is CC(NC(=O)N(C)CCC(=O)N(C)C)C(c1ccccc1)c1ccccc1. The van der Waals surface area contributed by atoms with E-state index in [1.807, 2.05) is 43.3 Å². The average molecular weight is 367 g/mol. The summed E-state index contributed by atoms with van der Waals surface area (Å²) in [5.74, 6) is 0.0577. The summed E-state index contributed by atoms with van der Waals surface area (Å²) in [4.78, 5) is 27.4. The number of nitrogens with one attached hydrogen (secondary N) is 1. The summed E-state index contributed by atoms with van der Waals surface area (Å²) >= 11 is 0. The number of amides is 3. The summed E-state index contributed by atoms with van der Waals surface area (Å²) in [6.07, 6.45) is 0.312. The molecule has 0 saturated carbocycles. The maximum atomic E-state index is 12.6. The Bertz CT molecular complexity index is 692. The molecule has 0 aliphatic heterocycles. The fourth-order valence-electron chi connectivity index (χ4n) is 3.07. The number of urea groups is 1. The lowest BCUT2D eigenvalue weighted by atomic mass is 9.86. The first-order valence-corrected chi connectivity index (χ1v) is 9.21. The standard InChI is InChI=1S/C22H29N3O2/c1-17(23-22(27)25(4)16-15-20(26)24(2)3)21(18-11-7-5-8-12-18)19-13-9-6-10-14-19/h5-14,17,21H,15-16H2,1-4H3,(H,23,27). The molecule has 2 aromatic carbocycles. The minimum absolute atomic E-state index is 0.00847. The number of carbonyl (C=O) groups is 2. The number of benzene rings is 2. The molecule has 3 amide bonds. The summed E-state index contributed by atoms with van der Waals surface area (Å²) in [6.45, 7) is 2.40. The minimum Gasteiger partial charge on any atom is -0.349 e. The van der Waals surface area contributed by atoms with Gasteiger partial charge in [0.15, 0.2) is 0 Å². The highest BCUT2D eigenvalue weighted by molar-refractivity contribution is 5.78. The molecule has 0 aliphatic rings. The molecular formula is C22H29N3O2. The van der Waals surface area contributed by atoms with Crippen molar-refractivity contribution in [3.8, 4) is 0 Å². The van der Waals surface area contributed by atoms with Crippen LogP contribution in [0.3, 0.4) is 0 Å². The second-order valence-electron chi connectivity index (χ2n) is 7.00. The van der Waals surface area contributed by atoms with Crippen molar-refractivity contribution in [3.63, 3.8) is 0 Å². The maximum Gasteiger partial charge on any atom is 0.317 e. The molecule has 0 aromatic heterocycles. The van der Waals surface area contributed by atoms with Crippen LogP contribution in [0.25, 0.3) is 0 Å². The van der Waals surface area contributed by atoms with Crippen LogP contribution in [-0.4, -0.2) is 55.5 Å². The molecule has 0 radical (unpaired) electrons. The summed E-state index contributed by atoms with van der Waals surface area (Å²) in [6, 6.07) is 20.1. The molecule has 0 bridgehead atoms. The highest BCUT2D eigenvalue weighted by Crippen LogP contribution is 2.28. The van der Waals surface area contributed by atoms with Crippen LogP contribution in [0.2, 0.25) is 0 Å². The van der Waals surface area contributed by atoms with Crippen molar-refractivity contribution in [2.75, 3.05) is 27.7 Å². The summed E-state index contributed by atoms with van der Waals surface area (Å²) in [5, 5.41) is 3.09. The first-order chi connectivity index (χ1) is 12.9. The molecule has 1 N–H and O–H groups in total. The third-order valence-electron chi connectivity index (χ3n) is 4.68. The third kappa shape index (κ3) is 5.84. The zero-order valence-electron chi connectivity index (χ0n) is 16.6. The Morgan fingerprint density at radius 1 is 0.889 bits per heavy atom. The fraction of sp³-hybridized carbons (Fsp3) is 0.364. The minimum atomic E-state index is -0.175. The van der Waals surface area contributed by atoms with E-state index in [1.165, 1.54) is 4.90 Å². The first kappa shape index (κ1) is 20.5. The molecule has 2 aromatic rings. The number of rotatable bonds is 7. The Hall–Kier alpha value is -2.82. The van der Waals surface area contributed by atoms with Gasteiger partial charge in [0.25, 0.3) is 0 Å². The van der Waals surface area contributed by atoms with E-state index >= 15 is 0 Å². The third-order valence-corrected chi connectivity index (χ3v) is 4.68. The molecule has 0 spiro atoms. The van der Waals surface area contributed by atoms with Crippen LogP contribution in [0.1, 0.15) is 30.4 Å². The summed E-state index contributed by atoms with van der Waals surface area (Å²) in [5.41, 5.74) is 2.31. The van der Waals surface area contributed by atoms with E-state index in [0.717, 1.165) is 11.1 Å². The summed E-state index contributed by atoms with van der Waals surface area (Å²) in [7, 11) is 5.15. The van der Waals surface area contributed by atoms with Crippen LogP contribution in [0.4, 0.5) is 4.79 Å². The van der Waals surface area contributed by atoms with Crippen molar-refractivity contribution in [2.45, 2.75) is 25.3 Å². The van der Waals surface area contributed by atoms with Crippen LogP contribution < -0.4 is 5.32 Å². The Balaban J connectivity index is 2.08. The van der Waals surface area contributed by atoms with Crippen LogP contribution in [0.5, 0.6) is 0 Å². The molecular weight excluding hydrogens is 338 g/mol. The Morgan fingerprint density at radius 2 is 1.37 bits per heavy atom. The number of nitrogens with zero attached hydrogens (tertiary/aromatic N) is 2. The van der Waals surface area contributed by atoms with Gasteiger partial charge in [-0.3, -0.25) is 4.79 Å². The molecule has 144 valence electrons. The van der Waals surface area contributed by atoms with Crippen LogP contribution in [-0.2, 0) is 4.79 Å². The summed E-state index contributed by atoms with van der Waals surface area (Å²) < 4.78 is 0. The van der Waals surface area contributed by atoms with Crippen molar-refractivity contribution in [3.05, 3.63) is 71.8 Å². The monoisotopic (exact) mass is 367 g/mol. The van der Waals surface area contributed by atoms with E-state index < -0.39 is 0 Å². The molecule has 1 atom stereocenters. The lowest BCUT2D eigenvalue weighted by Crippen LogP contribution is -2.45. The van der Waals surface area contributed by atoms with Crippen molar-refractivity contribution in [1.29, 1.82) is 0 Å². The van der Waals surface area contributed by atoms with E-state index in [0.29, 0.717) is 13.0 Å². The van der Waals surface area contributed by atoms with E-state index in [1.54, 1.807) is 26.0 Å². The molecule has 0 heterocycles. The van der Waals surface area contributed by atoms with Gasteiger partial charge < -0.3 is 15.1 Å². The quantitative estimate of drug-likeness (QED) is 0.816. The highest BCUT2D eigenvalue weighted by Gasteiger charge is 2.24. The number of hydrogen-bond donors (Lipinski definition) is 1. The van der Waals surface area contributed by atoms with Crippen molar-refractivity contribution in [1.82, 2.24) is 15.1 Å². The lowest BCUT2D eigenvalue weighted by Gasteiger charge is -2.28. The zero-order valence-corrected chi connectivity index (χ0v) is 16.6. The van der Waals surface area contributed by atoms with Gasteiger partial charge in [-0.05, 0) is 18.1 Å². The number of carbonyl (C=O) groups excluding carboxylic acids is 2. The van der Waals surface area contributed by atoms with Crippen molar-refractivity contribution >= 4 is 11.9 Å². The van der Waals surface area contributed by atoms with Gasteiger partial charge >= 0.3 is 6.03 Å². The van der Waals surface area contributed by atoms with Gasteiger partial charge in [-0.1, -0.05) is 60.7 Å². The van der Waals surface area contributed by atoms with E-state index in [4.69, 9.17) is 0 Å². The van der Waals surface area contributed by atoms with E-state index in [-0.39, 0.29) is 23.9 Å². The first-order valence-electron chi connectivity index (χ1n) is 9.21. The number of hydrogen-bond acceptors (Lipinski definition) is 2. The molecule has 2 rings (SSSR count). The average Bonchev–Trinajstić information content (AvgIpc) is 2.67. The van der Waals surface area contributed by atoms with Gasteiger partial charge in [-0.25, -0.2) is 4.79 Å². The normalized spacial score (nSPS) is 11.7. The van der Waals surface area contributed by atoms with Gasteiger partial charge in [0.05, 0.1) is 0 Å². The second kappa shape index (κ2) is 9.76. The predicted molar refractivity (Wildman–Crippen MR) is 109 cm³/mol. The molecule has 0 aliphatic carbocycles. The van der Waals surface area contributed by atoms with Crippen molar-refractivity contribution < 1.29 is 9.59 Å². The molecule has 1 unspecified atom stereocenters. The van der Waals surface area contributed by atoms with E-state index in [2.05, 4.69) is 29.6 Å². The van der Waals surface area contributed by atoms with Gasteiger partial charge in [-0.2, -0.15) is 0 Å². The molecule has 0 fully saturated rings. The smallest absolute Gasteiger partial charge is 0.317 e. The van der Waals surface area contributed by atoms with Crippen molar-refractivity contribution in [2.24, 2.45) is 0 Å². The van der Waals surface area contributed by atoms with Gasteiger partial charge in [0.2, 0.25) is 5.91 Å². The van der Waals surface area contributed by atoms with Crippen LogP contribution in [0, 0.1) is 0 Å². The van der Waals surface area contributed by atoms with Gasteiger partial charge in [0.1, 0.15) is 0 Å². The molecule has 5 nitrogen and oxygen atoms in total. The Labute approximate surface area is 162 Å². The fourth-order valence-corrected chi connectivity index (χ4v) is 3.07. The molecule has 5 heteroatoms. The Kier molecular flexibility index (Phi) is 7.41. The van der Waals surface area contributed by atoms with Crippen LogP contribution >= 0.6 is 0 Å². The lowest BCUT2D eigenvalue weighted by molar-refractivity contribution is -0.128. The zero-order chi connectivity index (χ0) is 19.8. The largest absolute Gasteiger partial charge is 0.349 e. The predicted octanol–water partition coefficient (Wildman–Crippen LogP) is 3.33. The Morgan fingerprint density at radius 3 is 1.81 bits per heavy atom. The molecule has 0 saturated heterocycles. The van der Waals surface area contributed by atoms with E-state index in [9.17, 15) is 9.59 Å². The molecule has 27 heavy (non-hydrogen) atoms. The highest BCUT2D eigenvalue weighted by atomic mass is 16.2. The second-order valence-corrected chi connectivity index (χ2v) is 7.00. The van der Waals surface area contributed by atoms with Gasteiger partial charge in [0, 0.05) is 46.1 Å². The topological polar surface area (TPSA) is 52.7 Å². The maximum absolute atomic E-state index is 12.6.